The molecule has 0 spiro atoms. The Morgan fingerprint density at radius 3 is 2.34 bits per heavy atom. The number of rotatable bonds is 9. The SMILES string of the molecule is CCOc1ccc(-c2csc3ncnc(Nc4cc(OC)c(NC(=O)c5ccccc5)cc4OC)c23)cc1. The number of anilines is 3. The van der Waals surface area contributed by atoms with Crippen LogP contribution in [0.25, 0.3) is 21.3 Å². The van der Waals surface area contributed by atoms with Crippen molar-refractivity contribution in [1.29, 1.82) is 0 Å². The van der Waals surface area contributed by atoms with Crippen molar-refractivity contribution in [3.05, 3.63) is 84.0 Å². The maximum atomic E-state index is 12.8. The van der Waals surface area contributed by atoms with Crippen molar-refractivity contribution in [3.8, 4) is 28.4 Å². The fourth-order valence-electron chi connectivity index (χ4n) is 4.08. The van der Waals surface area contributed by atoms with E-state index in [2.05, 4.69) is 26.0 Å². The summed E-state index contributed by atoms with van der Waals surface area (Å²) in [6.45, 7) is 2.57. The molecule has 0 atom stereocenters. The molecule has 2 aromatic heterocycles. The lowest BCUT2D eigenvalue weighted by molar-refractivity contribution is 0.102. The zero-order valence-corrected chi connectivity index (χ0v) is 22.0. The fourth-order valence-corrected chi connectivity index (χ4v) is 5.00. The van der Waals surface area contributed by atoms with Gasteiger partial charge in [0.2, 0.25) is 0 Å². The molecule has 2 heterocycles. The molecular formula is C29H26N4O4S. The lowest BCUT2D eigenvalue weighted by Crippen LogP contribution is -2.13. The highest BCUT2D eigenvalue weighted by atomic mass is 32.1. The van der Waals surface area contributed by atoms with Gasteiger partial charge >= 0.3 is 0 Å². The van der Waals surface area contributed by atoms with Gasteiger partial charge < -0.3 is 24.8 Å². The van der Waals surface area contributed by atoms with Crippen LogP contribution >= 0.6 is 11.3 Å². The summed E-state index contributed by atoms with van der Waals surface area (Å²) in [5.41, 5.74) is 3.70. The molecule has 0 saturated carbocycles. The van der Waals surface area contributed by atoms with Gasteiger partial charge in [-0.25, -0.2) is 9.97 Å². The first-order chi connectivity index (χ1) is 18.6. The van der Waals surface area contributed by atoms with Gasteiger partial charge in [-0.05, 0) is 36.8 Å². The fraction of sp³-hybridized carbons (Fsp3) is 0.138. The number of amides is 1. The van der Waals surface area contributed by atoms with Crippen LogP contribution in [-0.2, 0) is 0 Å². The summed E-state index contributed by atoms with van der Waals surface area (Å²) in [7, 11) is 3.12. The minimum absolute atomic E-state index is 0.248. The normalized spacial score (nSPS) is 10.7. The Bertz CT molecular complexity index is 1570. The lowest BCUT2D eigenvalue weighted by Gasteiger charge is -2.17. The summed E-state index contributed by atoms with van der Waals surface area (Å²) < 4.78 is 16.9. The van der Waals surface area contributed by atoms with E-state index in [-0.39, 0.29) is 5.91 Å². The van der Waals surface area contributed by atoms with Crippen molar-refractivity contribution in [2.45, 2.75) is 6.92 Å². The number of thiophene rings is 1. The van der Waals surface area contributed by atoms with E-state index in [1.54, 1.807) is 49.8 Å². The molecule has 0 aliphatic rings. The molecule has 192 valence electrons. The van der Waals surface area contributed by atoms with Crippen LogP contribution in [0.5, 0.6) is 17.2 Å². The van der Waals surface area contributed by atoms with Crippen LogP contribution in [0.2, 0.25) is 0 Å². The largest absolute Gasteiger partial charge is 0.494 e. The number of carbonyl (C=O) groups excluding carboxylic acids is 1. The number of aromatic nitrogens is 2. The second-order valence-corrected chi connectivity index (χ2v) is 9.07. The summed E-state index contributed by atoms with van der Waals surface area (Å²) in [6, 6.07) is 20.4. The van der Waals surface area contributed by atoms with Crippen LogP contribution in [0.15, 0.2) is 78.4 Å². The van der Waals surface area contributed by atoms with E-state index in [0.29, 0.717) is 40.9 Å². The monoisotopic (exact) mass is 526 g/mol. The minimum atomic E-state index is -0.248. The molecule has 0 bridgehead atoms. The lowest BCUT2D eigenvalue weighted by atomic mass is 10.1. The van der Waals surface area contributed by atoms with Gasteiger partial charge in [-0.15, -0.1) is 11.3 Å². The molecule has 5 rings (SSSR count). The van der Waals surface area contributed by atoms with Crippen LogP contribution in [0.4, 0.5) is 17.2 Å². The van der Waals surface area contributed by atoms with Crippen molar-refractivity contribution in [1.82, 2.24) is 9.97 Å². The minimum Gasteiger partial charge on any atom is -0.494 e. The molecule has 8 nitrogen and oxygen atoms in total. The number of nitrogens with zero attached hydrogens (tertiary/aromatic N) is 2. The Kier molecular flexibility index (Phi) is 7.37. The summed E-state index contributed by atoms with van der Waals surface area (Å²) in [5.74, 6) is 2.18. The number of benzene rings is 3. The van der Waals surface area contributed by atoms with E-state index in [9.17, 15) is 4.79 Å². The molecule has 2 N–H and O–H groups in total. The number of hydrogen-bond acceptors (Lipinski definition) is 8. The van der Waals surface area contributed by atoms with E-state index in [0.717, 1.165) is 27.1 Å². The molecule has 0 saturated heterocycles. The van der Waals surface area contributed by atoms with Gasteiger partial charge in [-0.2, -0.15) is 0 Å². The van der Waals surface area contributed by atoms with Crippen molar-refractivity contribution < 1.29 is 19.0 Å². The van der Waals surface area contributed by atoms with Crippen LogP contribution in [0.1, 0.15) is 17.3 Å². The summed E-state index contributed by atoms with van der Waals surface area (Å²) in [5, 5.41) is 9.26. The first kappa shape index (κ1) is 25.0. The molecule has 0 radical (unpaired) electrons. The van der Waals surface area contributed by atoms with Crippen molar-refractivity contribution in [2.24, 2.45) is 0 Å². The van der Waals surface area contributed by atoms with Crippen molar-refractivity contribution >= 4 is 44.7 Å². The smallest absolute Gasteiger partial charge is 0.255 e. The second kappa shape index (κ2) is 11.2. The van der Waals surface area contributed by atoms with Gasteiger partial charge in [0.05, 0.1) is 37.6 Å². The molecule has 0 fully saturated rings. The predicted octanol–water partition coefficient (Wildman–Crippen LogP) is 6.77. The quantitative estimate of drug-likeness (QED) is 0.219. The molecule has 5 aromatic rings. The Labute approximate surface area is 224 Å². The van der Waals surface area contributed by atoms with Gasteiger partial charge in [0.1, 0.15) is 34.2 Å². The number of methoxy groups -OCH3 is 2. The third kappa shape index (κ3) is 5.09. The van der Waals surface area contributed by atoms with Gasteiger partial charge in [-0.1, -0.05) is 30.3 Å². The first-order valence-corrected chi connectivity index (χ1v) is 12.8. The zero-order chi connectivity index (χ0) is 26.5. The predicted molar refractivity (Wildman–Crippen MR) is 151 cm³/mol. The van der Waals surface area contributed by atoms with E-state index < -0.39 is 0 Å². The Morgan fingerprint density at radius 2 is 1.63 bits per heavy atom. The van der Waals surface area contributed by atoms with Crippen LogP contribution < -0.4 is 24.8 Å². The van der Waals surface area contributed by atoms with Crippen molar-refractivity contribution in [3.63, 3.8) is 0 Å². The first-order valence-electron chi connectivity index (χ1n) is 12.0. The molecule has 0 aliphatic heterocycles. The average molecular weight is 527 g/mol. The van der Waals surface area contributed by atoms with Crippen LogP contribution in [0.3, 0.4) is 0 Å². The Balaban J connectivity index is 1.50. The van der Waals surface area contributed by atoms with E-state index >= 15 is 0 Å². The third-order valence-electron chi connectivity index (χ3n) is 5.91. The average Bonchev–Trinajstić information content (AvgIpc) is 3.40. The summed E-state index contributed by atoms with van der Waals surface area (Å²) in [6.07, 6.45) is 1.53. The van der Waals surface area contributed by atoms with Gasteiger partial charge in [0, 0.05) is 28.6 Å². The molecule has 1 amide bonds. The maximum absolute atomic E-state index is 12.8. The van der Waals surface area contributed by atoms with E-state index in [1.807, 2.05) is 49.4 Å². The van der Waals surface area contributed by atoms with Gasteiger partial charge in [0.25, 0.3) is 5.91 Å². The molecule has 3 aromatic carbocycles. The number of ether oxygens (including phenoxy) is 3. The topological polar surface area (TPSA) is 94.6 Å². The summed E-state index contributed by atoms with van der Waals surface area (Å²) in [4.78, 5) is 22.6. The summed E-state index contributed by atoms with van der Waals surface area (Å²) >= 11 is 1.55. The van der Waals surface area contributed by atoms with Crippen LogP contribution in [0, 0.1) is 0 Å². The van der Waals surface area contributed by atoms with Crippen molar-refractivity contribution in [2.75, 3.05) is 31.5 Å². The standard InChI is InChI=1S/C29H26N4O4S/c1-4-37-20-12-10-18(11-13-20)21-16-38-29-26(21)27(30-17-31-29)32-22-14-25(36-3)23(15-24(22)35-2)33-28(34)19-8-6-5-7-9-19/h5-17H,4H2,1-3H3,(H,33,34)(H,30,31,32). The molecule has 0 aliphatic carbocycles. The molecular weight excluding hydrogens is 500 g/mol. The second-order valence-electron chi connectivity index (χ2n) is 8.21. The number of hydrogen-bond donors (Lipinski definition) is 2. The highest BCUT2D eigenvalue weighted by Gasteiger charge is 2.18. The highest BCUT2D eigenvalue weighted by Crippen LogP contribution is 2.41. The van der Waals surface area contributed by atoms with Crippen LogP contribution in [-0.4, -0.2) is 36.7 Å². The Hall–Kier alpha value is -4.63. The van der Waals surface area contributed by atoms with E-state index in [1.165, 1.54) is 6.33 Å². The number of fused-ring (bicyclic) bond motifs is 1. The Morgan fingerprint density at radius 1 is 0.921 bits per heavy atom. The molecule has 38 heavy (non-hydrogen) atoms. The molecule has 9 heteroatoms. The number of carbonyl (C=O) groups is 1. The number of nitrogens with one attached hydrogen (secondary N) is 2. The maximum Gasteiger partial charge on any atom is 0.255 e. The highest BCUT2D eigenvalue weighted by molar-refractivity contribution is 7.17. The molecule has 0 unspecified atom stereocenters. The van der Waals surface area contributed by atoms with Gasteiger partial charge in [0.15, 0.2) is 0 Å². The zero-order valence-electron chi connectivity index (χ0n) is 21.1. The third-order valence-corrected chi connectivity index (χ3v) is 6.79. The van der Waals surface area contributed by atoms with E-state index in [4.69, 9.17) is 14.2 Å². The van der Waals surface area contributed by atoms with Gasteiger partial charge in [-0.3, -0.25) is 4.79 Å².